The van der Waals surface area contributed by atoms with Gasteiger partial charge in [-0.2, -0.15) is 5.26 Å². The van der Waals surface area contributed by atoms with Crippen LogP contribution in [0.1, 0.15) is 16.7 Å². The number of carbonyl (C=O) groups excluding carboxylic acids is 1. The Bertz CT molecular complexity index is 1100. The second-order valence-electron chi connectivity index (χ2n) is 6.51. The molecule has 0 radical (unpaired) electrons. The van der Waals surface area contributed by atoms with Crippen LogP contribution < -0.4 is 10.1 Å². The van der Waals surface area contributed by atoms with Gasteiger partial charge in [0.05, 0.1) is 7.11 Å². The van der Waals surface area contributed by atoms with Gasteiger partial charge in [-0.1, -0.05) is 30.3 Å². The number of nitriles is 1. The predicted octanol–water partition coefficient (Wildman–Crippen LogP) is 4.49. The van der Waals surface area contributed by atoms with Crippen molar-refractivity contribution >= 4 is 28.4 Å². The summed E-state index contributed by atoms with van der Waals surface area (Å²) in [6.45, 7) is 0. The Morgan fingerprint density at radius 1 is 1.07 bits per heavy atom. The van der Waals surface area contributed by atoms with Crippen molar-refractivity contribution in [1.82, 2.24) is 0 Å². The molecule has 0 unspecified atom stereocenters. The number of anilines is 1. The van der Waals surface area contributed by atoms with Gasteiger partial charge < -0.3 is 10.1 Å². The number of carbonyl (C=O) groups is 1. The molecule has 0 bridgehead atoms. The van der Waals surface area contributed by atoms with Crippen molar-refractivity contribution in [3.63, 3.8) is 0 Å². The van der Waals surface area contributed by atoms with E-state index in [2.05, 4.69) is 23.5 Å². The first-order valence-corrected chi connectivity index (χ1v) is 8.80. The third-order valence-electron chi connectivity index (χ3n) is 4.92. The summed E-state index contributed by atoms with van der Waals surface area (Å²) in [6, 6.07) is 19.3. The van der Waals surface area contributed by atoms with Gasteiger partial charge in [0.1, 0.15) is 17.4 Å². The average Bonchev–Trinajstić information content (AvgIpc) is 3.13. The zero-order valence-corrected chi connectivity index (χ0v) is 15.0. The monoisotopic (exact) mass is 354 g/mol. The molecule has 1 aliphatic carbocycles. The number of methoxy groups -OCH3 is 1. The maximum absolute atomic E-state index is 12.6. The molecule has 0 heterocycles. The lowest BCUT2D eigenvalue weighted by molar-refractivity contribution is -0.112. The predicted molar refractivity (Wildman–Crippen MR) is 107 cm³/mol. The number of nitrogens with zero attached hydrogens (tertiary/aromatic N) is 1. The summed E-state index contributed by atoms with van der Waals surface area (Å²) in [5, 5.41) is 14.6. The second-order valence-corrected chi connectivity index (χ2v) is 6.51. The van der Waals surface area contributed by atoms with Crippen molar-refractivity contribution in [3.05, 3.63) is 76.9 Å². The number of hydrogen-bond donors (Lipinski definition) is 1. The first-order valence-electron chi connectivity index (χ1n) is 8.80. The number of ether oxygens (including phenoxy) is 1. The number of nitrogens with one attached hydrogen (secondary N) is 1. The van der Waals surface area contributed by atoms with Crippen LogP contribution in [-0.4, -0.2) is 13.0 Å². The van der Waals surface area contributed by atoms with Crippen LogP contribution in [0, 0.1) is 11.3 Å². The van der Waals surface area contributed by atoms with Crippen molar-refractivity contribution in [2.24, 2.45) is 0 Å². The molecule has 27 heavy (non-hydrogen) atoms. The molecule has 0 spiro atoms. The number of rotatable bonds is 4. The van der Waals surface area contributed by atoms with Gasteiger partial charge in [-0.15, -0.1) is 0 Å². The minimum atomic E-state index is -0.425. The Kier molecular flexibility index (Phi) is 4.35. The Morgan fingerprint density at radius 3 is 2.52 bits per heavy atom. The highest BCUT2D eigenvalue weighted by Gasteiger charge is 2.16. The van der Waals surface area contributed by atoms with Crippen molar-refractivity contribution in [2.75, 3.05) is 12.4 Å². The number of hydrogen-bond acceptors (Lipinski definition) is 3. The number of aryl methyl sites for hydroxylation is 2. The van der Waals surface area contributed by atoms with Crippen LogP contribution in [0.15, 0.2) is 60.2 Å². The van der Waals surface area contributed by atoms with E-state index in [1.165, 1.54) is 16.5 Å². The summed E-state index contributed by atoms with van der Waals surface area (Å²) < 4.78 is 5.11. The zero-order chi connectivity index (χ0) is 18.8. The molecule has 3 aromatic carbocycles. The lowest BCUT2D eigenvalue weighted by Crippen LogP contribution is -2.13. The Balaban J connectivity index is 1.66. The maximum Gasteiger partial charge on any atom is 0.266 e. The van der Waals surface area contributed by atoms with Crippen molar-refractivity contribution in [2.45, 2.75) is 12.8 Å². The lowest BCUT2D eigenvalue weighted by atomic mass is 9.98. The molecule has 1 N–H and O–H groups in total. The van der Waals surface area contributed by atoms with Crippen LogP contribution in [0.3, 0.4) is 0 Å². The molecule has 0 aliphatic heterocycles. The molecule has 3 aromatic rings. The fourth-order valence-corrected chi connectivity index (χ4v) is 3.57. The quantitative estimate of drug-likeness (QED) is 0.554. The molecule has 4 rings (SSSR count). The smallest absolute Gasteiger partial charge is 0.266 e. The van der Waals surface area contributed by atoms with Gasteiger partial charge >= 0.3 is 0 Å². The zero-order valence-electron chi connectivity index (χ0n) is 15.0. The highest BCUT2D eigenvalue weighted by molar-refractivity contribution is 6.11. The summed E-state index contributed by atoms with van der Waals surface area (Å²) in [5.74, 6) is 0.280. The lowest BCUT2D eigenvalue weighted by Gasteiger charge is -2.08. The first-order chi connectivity index (χ1) is 13.2. The highest BCUT2D eigenvalue weighted by Crippen LogP contribution is 2.33. The van der Waals surface area contributed by atoms with Gasteiger partial charge in [0.25, 0.3) is 5.91 Å². The van der Waals surface area contributed by atoms with Crippen molar-refractivity contribution in [3.8, 4) is 11.8 Å². The Hall–Kier alpha value is -3.58. The van der Waals surface area contributed by atoms with Gasteiger partial charge in [0.2, 0.25) is 0 Å². The van der Waals surface area contributed by atoms with Gasteiger partial charge in [0, 0.05) is 5.69 Å². The molecular weight excluding hydrogens is 336 g/mol. The van der Waals surface area contributed by atoms with Crippen LogP contribution in [0.2, 0.25) is 0 Å². The molecule has 0 saturated carbocycles. The van der Waals surface area contributed by atoms with E-state index in [-0.39, 0.29) is 5.57 Å². The number of amides is 1. The molecule has 0 aromatic heterocycles. The number of benzene rings is 3. The molecule has 0 atom stereocenters. The standard InChI is InChI=1S/C23H18N2O2/c1-27-20-11-9-19(10-12-20)25-23(26)18(14-24)13-17-8-7-16-6-5-15-3-2-4-21(17)22(15)16/h2-4,7-13H,5-6H2,1H3,(H,25,26)/b18-13+. The van der Waals surface area contributed by atoms with Gasteiger partial charge in [0.15, 0.2) is 0 Å². The van der Waals surface area contributed by atoms with Gasteiger partial charge in [-0.3, -0.25) is 4.79 Å². The van der Waals surface area contributed by atoms with Crippen LogP contribution in [0.25, 0.3) is 16.8 Å². The Labute approximate surface area is 157 Å². The summed E-state index contributed by atoms with van der Waals surface area (Å²) in [6.07, 6.45) is 3.76. The van der Waals surface area contributed by atoms with Crippen LogP contribution in [0.4, 0.5) is 5.69 Å². The third-order valence-corrected chi connectivity index (χ3v) is 4.92. The summed E-state index contributed by atoms with van der Waals surface area (Å²) in [7, 11) is 1.59. The molecule has 0 fully saturated rings. The van der Waals surface area contributed by atoms with Gasteiger partial charge in [-0.25, -0.2) is 0 Å². The van der Waals surface area contributed by atoms with Crippen LogP contribution >= 0.6 is 0 Å². The van der Waals surface area contributed by atoms with E-state index in [1.54, 1.807) is 37.5 Å². The summed E-state index contributed by atoms with van der Waals surface area (Å²) in [5.41, 5.74) is 4.24. The van der Waals surface area contributed by atoms with Crippen molar-refractivity contribution < 1.29 is 9.53 Å². The van der Waals surface area contributed by atoms with E-state index in [0.717, 1.165) is 23.8 Å². The minimum absolute atomic E-state index is 0.0736. The Morgan fingerprint density at radius 2 is 1.81 bits per heavy atom. The largest absolute Gasteiger partial charge is 0.497 e. The second kappa shape index (κ2) is 6.97. The average molecular weight is 354 g/mol. The van der Waals surface area contributed by atoms with Gasteiger partial charge in [-0.05, 0) is 70.6 Å². The minimum Gasteiger partial charge on any atom is -0.497 e. The molecule has 4 nitrogen and oxygen atoms in total. The fraction of sp³-hybridized carbons (Fsp3) is 0.130. The molecular formula is C23H18N2O2. The molecule has 4 heteroatoms. The molecule has 1 aliphatic rings. The molecule has 0 saturated heterocycles. The van der Waals surface area contributed by atoms with Crippen LogP contribution in [-0.2, 0) is 17.6 Å². The molecule has 132 valence electrons. The van der Waals surface area contributed by atoms with E-state index in [1.807, 2.05) is 18.2 Å². The van der Waals surface area contributed by atoms with E-state index < -0.39 is 5.91 Å². The topological polar surface area (TPSA) is 62.1 Å². The van der Waals surface area contributed by atoms with Crippen LogP contribution in [0.5, 0.6) is 5.75 Å². The van der Waals surface area contributed by atoms with E-state index >= 15 is 0 Å². The van der Waals surface area contributed by atoms with E-state index in [4.69, 9.17) is 4.74 Å². The molecule has 1 amide bonds. The third kappa shape index (κ3) is 3.16. The summed E-state index contributed by atoms with van der Waals surface area (Å²) in [4.78, 5) is 12.6. The van der Waals surface area contributed by atoms with Crippen molar-refractivity contribution in [1.29, 1.82) is 5.26 Å². The summed E-state index contributed by atoms with van der Waals surface area (Å²) >= 11 is 0. The first kappa shape index (κ1) is 16.9. The highest BCUT2D eigenvalue weighted by atomic mass is 16.5. The van der Waals surface area contributed by atoms with E-state index in [9.17, 15) is 10.1 Å². The maximum atomic E-state index is 12.6. The normalized spacial score (nSPS) is 12.7. The van der Waals surface area contributed by atoms with E-state index in [0.29, 0.717) is 11.4 Å². The SMILES string of the molecule is COc1ccc(NC(=O)/C(C#N)=C/c2ccc3c4c(cccc24)CC3)cc1. The fourth-order valence-electron chi connectivity index (χ4n) is 3.57.